The maximum Gasteiger partial charge on any atom is 0.212 e. The van der Waals surface area contributed by atoms with Crippen LogP contribution in [-0.2, 0) is 16.4 Å². The van der Waals surface area contributed by atoms with Crippen LogP contribution in [-0.4, -0.2) is 20.8 Å². The summed E-state index contributed by atoms with van der Waals surface area (Å²) in [5.74, 6) is -0.162. The molecule has 0 aliphatic heterocycles. The molecule has 0 aromatic heterocycles. The van der Waals surface area contributed by atoms with Crippen LogP contribution in [0.4, 0.5) is 10.1 Å². The van der Waals surface area contributed by atoms with Crippen LogP contribution in [0.3, 0.4) is 0 Å². The summed E-state index contributed by atoms with van der Waals surface area (Å²) in [6.07, 6.45) is 2.65. The van der Waals surface area contributed by atoms with Gasteiger partial charge in [-0.25, -0.2) is 13.1 Å². The van der Waals surface area contributed by atoms with Crippen molar-refractivity contribution in [2.75, 3.05) is 18.2 Å². The zero-order valence-electron chi connectivity index (χ0n) is 11.1. The molecular weight excluding hydrogens is 303 g/mol. The van der Waals surface area contributed by atoms with E-state index in [1.54, 1.807) is 6.07 Å². The summed E-state index contributed by atoms with van der Waals surface area (Å²) in [6, 6.07) is 5.35. The predicted molar refractivity (Wildman–Crippen MR) is 81.3 cm³/mol. The van der Waals surface area contributed by atoms with Gasteiger partial charge in [0.2, 0.25) is 10.0 Å². The zero-order valence-corrected chi connectivity index (χ0v) is 12.8. The van der Waals surface area contributed by atoms with E-state index in [0.29, 0.717) is 5.69 Å². The lowest BCUT2D eigenvalue weighted by molar-refractivity contribution is 0.476. The first-order chi connectivity index (χ1) is 9.02. The number of rotatable bonds is 5. The molecule has 114 valence electrons. The van der Waals surface area contributed by atoms with Crippen molar-refractivity contribution in [3.63, 3.8) is 0 Å². The highest BCUT2D eigenvalue weighted by Crippen LogP contribution is 2.31. The number of benzene rings is 1. The third-order valence-corrected chi connectivity index (χ3v) is 4.82. The van der Waals surface area contributed by atoms with Crippen LogP contribution in [0.1, 0.15) is 36.4 Å². The summed E-state index contributed by atoms with van der Waals surface area (Å²) in [4.78, 5) is 0. The lowest BCUT2D eigenvalue weighted by atomic mass is 9.88. The van der Waals surface area contributed by atoms with Crippen molar-refractivity contribution < 1.29 is 12.8 Å². The minimum Gasteiger partial charge on any atom is -0.399 e. The third-order valence-electron chi connectivity index (χ3n) is 3.35. The number of hydrogen-bond acceptors (Lipinski definition) is 3. The van der Waals surface area contributed by atoms with Crippen molar-refractivity contribution in [2.45, 2.75) is 31.7 Å². The van der Waals surface area contributed by atoms with Crippen LogP contribution in [0, 0.1) is 0 Å². The average molecular weight is 323 g/mol. The summed E-state index contributed by atoms with van der Waals surface area (Å²) < 4.78 is 38.4. The number of anilines is 1. The molecule has 1 aliphatic rings. The van der Waals surface area contributed by atoms with E-state index >= 15 is 0 Å². The second kappa shape index (κ2) is 7.24. The van der Waals surface area contributed by atoms with E-state index < -0.39 is 16.7 Å². The van der Waals surface area contributed by atoms with E-state index in [2.05, 4.69) is 4.72 Å². The molecule has 3 N–H and O–H groups in total. The van der Waals surface area contributed by atoms with E-state index in [1.165, 1.54) is 0 Å². The van der Waals surface area contributed by atoms with Crippen molar-refractivity contribution in [3.8, 4) is 0 Å². The molecule has 2 rings (SSSR count). The molecule has 0 heterocycles. The maximum absolute atomic E-state index is 12.1. The Bertz CT molecular complexity index is 551. The number of hydrogen-bond donors (Lipinski definition) is 2. The summed E-state index contributed by atoms with van der Waals surface area (Å²) in [7, 11) is -3.42. The lowest BCUT2D eigenvalue weighted by Crippen LogP contribution is -2.32. The molecule has 1 atom stereocenters. The first kappa shape index (κ1) is 17.2. The highest BCUT2D eigenvalue weighted by Gasteiger charge is 2.24. The van der Waals surface area contributed by atoms with Gasteiger partial charge in [0.1, 0.15) is 0 Å². The van der Waals surface area contributed by atoms with Gasteiger partial charge in [0.25, 0.3) is 0 Å². The Morgan fingerprint density at radius 3 is 2.85 bits per heavy atom. The first-order valence-corrected chi connectivity index (χ1v) is 8.11. The number of nitrogens with one attached hydrogen (secondary N) is 1. The molecule has 1 aliphatic carbocycles. The minimum absolute atomic E-state index is 0. The lowest BCUT2D eigenvalue weighted by Gasteiger charge is -2.26. The van der Waals surface area contributed by atoms with Crippen LogP contribution in [0.5, 0.6) is 0 Å². The average Bonchev–Trinajstić information content (AvgIpc) is 2.36. The molecule has 20 heavy (non-hydrogen) atoms. The second-order valence-corrected chi connectivity index (χ2v) is 6.76. The smallest absolute Gasteiger partial charge is 0.212 e. The largest absolute Gasteiger partial charge is 0.399 e. The van der Waals surface area contributed by atoms with Gasteiger partial charge in [-0.2, -0.15) is 0 Å². The number of aryl methyl sites for hydroxylation is 1. The van der Waals surface area contributed by atoms with Gasteiger partial charge in [-0.15, -0.1) is 12.4 Å². The van der Waals surface area contributed by atoms with Gasteiger partial charge in [-0.05, 0) is 48.9 Å². The first-order valence-electron chi connectivity index (χ1n) is 6.46. The SMILES string of the molecule is Cl.Nc1ccc2c(c1)CCCC2NS(=O)(=O)CCCF. The van der Waals surface area contributed by atoms with E-state index in [-0.39, 0.29) is 30.6 Å². The predicted octanol–water partition coefficient (Wildman–Crippen LogP) is 2.35. The van der Waals surface area contributed by atoms with Gasteiger partial charge in [0.15, 0.2) is 0 Å². The Kier molecular flexibility index (Phi) is 6.23. The summed E-state index contributed by atoms with van der Waals surface area (Å²) in [5, 5.41) is 0. The molecule has 1 aromatic rings. The van der Waals surface area contributed by atoms with Gasteiger partial charge in [0, 0.05) is 11.7 Å². The fourth-order valence-electron chi connectivity index (χ4n) is 2.48. The molecule has 1 unspecified atom stereocenters. The molecule has 0 bridgehead atoms. The van der Waals surface area contributed by atoms with Crippen LogP contribution in [0.15, 0.2) is 18.2 Å². The molecule has 0 radical (unpaired) electrons. The van der Waals surface area contributed by atoms with Crippen LogP contribution >= 0.6 is 12.4 Å². The Balaban J connectivity index is 0.00000200. The van der Waals surface area contributed by atoms with Crippen molar-refractivity contribution in [1.29, 1.82) is 0 Å². The monoisotopic (exact) mass is 322 g/mol. The molecule has 0 fully saturated rings. The fraction of sp³-hybridized carbons (Fsp3) is 0.538. The summed E-state index contributed by atoms with van der Waals surface area (Å²) in [6.45, 7) is -0.612. The molecule has 0 saturated heterocycles. The van der Waals surface area contributed by atoms with Crippen LogP contribution in [0.2, 0.25) is 0 Å². The highest BCUT2D eigenvalue weighted by molar-refractivity contribution is 7.89. The maximum atomic E-state index is 12.1. The number of nitrogen functional groups attached to an aromatic ring is 1. The normalized spacial score (nSPS) is 18.1. The summed E-state index contributed by atoms with van der Waals surface area (Å²) >= 11 is 0. The van der Waals surface area contributed by atoms with Gasteiger partial charge < -0.3 is 5.73 Å². The van der Waals surface area contributed by atoms with Crippen molar-refractivity contribution in [2.24, 2.45) is 0 Å². The number of nitrogens with two attached hydrogens (primary N) is 1. The van der Waals surface area contributed by atoms with Gasteiger partial charge in [-0.3, -0.25) is 4.39 Å². The zero-order chi connectivity index (χ0) is 13.9. The van der Waals surface area contributed by atoms with Gasteiger partial charge in [0.05, 0.1) is 12.4 Å². The topological polar surface area (TPSA) is 72.2 Å². The summed E-state index contributed by atoms with van der Waals surface area (Å²) in [5.41, 5.74) is 8.53. The third kappa shape index (κ3) is 4.33. The van der Waals surface area contributed by atoms with Crippen LogP contribution < -0.4 is 10.5 Å². The van der Waals surface area contributed by atoms with E-state index in [1.807, 2.05) is 12.1 Å². The highest BCUT2D eigenvalue weighted by atomic mass is 35.5. The molecule has 1 aromatic carbocycles. The number of fused-ring (bicyclic) bond motifs is 1. The molecular formula is C13H20ClFN2O2S. The van der Waals surface area contributed by atoms with E-state index in [4.69, 9.17) is 5.73 Å². The Hall–Kier alpha value is -0.850. The van der Waals surface area contributed by atoms with Crippen LogP contribution in [0.25, 0.3) is 0 Å². The van der Waals surface area contributed by atoms with E-state index in [9.17, 15) is 12.8 Å². The Morgan fingerprint density at radius 1 is 1.40 bits per heavy atom. The fourth-order valence-corrected chi connectivity index (χ4v) is 3.76. The quantitative estimate of drug-likeness (QED) is 0.817. The molecule has 7 heteroatoms. The Morgan fingerprint density at radius 2 is 2.15 bits per heavy atom. The van der Waals surface area contributed by atoms with Crippen molar-refractivity contribution in [1.82, 2.24) is 4.72 Å². The standard InChI is InChI=1S/C13H19FN2O2S.ClH/c14-7-2-8-19(17,18)16-13-4-1-3-10-9-11(15)5-6-12(10)13;/h5-6,9,13,16H,1-4,7-8,15H2;1H. The number of sulfonamides is 1. The van der Waals surface area contributed by atoms with Gasteiger partial charge in [-0.1, -0.05) is 6.07 Å². The number of halogens is 2. The van der Waals surface area contributed by atoms with Crippen molar-refractivity contribution >= 4 is 28.1 Å². The second-order valence-electron chi connectivity index (χ2n) is 4.88. The minimum atomic E-state index is -3.42. The number of alkyl halides is 1. The Labute approximate surface area is 125 Å². The molecule has 0 spiro atoms. The van der Waals surface area contributed by atoms with Crippen molar-refractivity contribution in [3.05, 3.63) is 29.3 Å². The van der Waals surface area contributed by atoms with Gasteiger partial charge >= 0.3 is 0 Å². The molecule has 4 nitrogen and oxygen atoms in total. The molecule has 0 saturated carbocycles. The molecule has 0 amide bonds. The van der Waals surface area contributed by atoms with E-state index in [0.717, 1.165) is 30.4 Å².